The average molecular weight is 321 g/mol. The molecule has 1 aromatic carbocycles. The Bertz CT molecular complexity index is 439. The number of carbonyl (C=O) groups excluding carboxylic acids is 1. The molecule has 1 aromatic rings. The van der Waals surface area contributed by atoms with E-state index in [-0.39, 0.29) is 18.3 Å². The molecule has 0 heterocycles. The molecular weight excluding hydrogens is 303 g/mol. The Morgan fingerprint density at radius 1 is 1.47 bits per heavy atom. The molecule has 0 bridgehead atoms. The van der Waals surface area contributed by atoms with Crippen LogP contribution in [-0.4, -0.2) is 25.3 Å². The lowest BCUT2D eigenvalue weighted by molar-refractivity contribution is -0.115. The first kappa shape index (κ1) is 16.6. The first-order chi connectivity index (χ1) is 8.69. The minimum atomic E-state index is -0.0244. The van der Waals surface area contributed by atoms with Crippen LogP contribution in [0.5, 0.6) is 0 Å². The second kappa shape index (κ2) is 8.00. The minimum Gasteiger partial charge on any atom is -0.325 e. The SMILES string of the molecule is CSc1ccc(NC(=O)CNCC2CC2)cc1Cl.Cl. The third-order valence-electron chi connectivity index (χ3n) is 2.85. The molecule has 1 amide bonds. The van der Waals surface area contributed by atoms with Crippen molar-refractivity contribution in [3.8, 4) is 0 Å². The molecule has 0 spiro atoms. The van der Waals surface area contributed by atoms with Gasteiger partial charge in [0, 0.05) is 10.6 Å². The molecule has 2 N–H and O–H groups in total. The minimum absolute atomic E-state index is 0. The smallest absolute Gasteiger partial charge is 0.238 e. The quantitative estimate of drug-likeness (QED) is 0.789. The summed E-state index contributed by atoms with van der Waals surface area (Å²) in [6.07, 6.45) is 4.56. The zero-order chi connectivity index (χ0) is 13.0. The molecule has 0 aromatic heterocycles. The standard InChI is InChI=1S/C13H17ClN2OS.ClH/c1-18-12-5-4-10(6-11(12)14)16-13(17)8-15-7-9-2-3-9;/h4-6,9,15H,2-3,7-8H2,1H3,(H,16,17);1H. The molecule has 3 nitrogen and oxygen atoms in total. The highest BCUT2D eigenvalue weighted by Crippen LogP contribution is 2.28. The monoisotopic (exact) mass is 320 g/mol. The van der Waals surface area contributed by atoms with E-state index in [1.54, 1.807) is 17.8 Å². The van der Waals surface area contributed by atoms with Crippen molar-refractivity contribution in [3.05, 3.63) is 23.2 Å². The third kappa shape index (κ3) is 5.61. The molecule has 0 aliphatic heterocycles. The van der Waals surface area contributed by atoms with Crippen molar-refractivity contribution in [2.75, 3.05) is 24.7 Å². The van der Waals surface area contributed by atoms with E-state index >= 15 is 0 Å². The summed E-state index contributed by atoms with van der Waals surface area (Å²) in [5.74, 6) is 0.761. The summed E-state index contributed by atoms with van der Waals surface area (Å²) < 4.78 is 0. The number of hydrogen-bond acceptors (Lipinski definition) is 3. The Hall–Kier alpha value is -0.420. The van der Waals surface area contributed by atoms with Crippen LogP contribution in [0.1, 0.15) is 12.8 Å². The van der Waals surface area contributed by atoms with E-state index in [2.05, 4.69) is 10.6 Å². The van der Waals surface area contributed by atoms with Gasteiger partial charge in [-0.1, -0.05) is 11.6 Å². The van der Waals surface area contributed by atoms with Gasteiger partial charge in [0.15, 0.2) is 0 Å². The molecule has 106 valence electrons. The van der Waals surface area contributed by atoms with Crippen LogP contribution < -0.4 is 10.6 Å². The second-order valence-corrected chi connectivity index (χ2v) is 5.73. The maximum atomic E-state index is 11.7. The van der Waals surface area contributed by atoms with Crippen LogP contribution >= 0.6 is 35.8 Å². The number of amides is 1. The van der Waals surface area contributed by atoms with E-state index in [4.69, 9.17) is 11.6 Å². The molecule has 0 radical (unpaired) electrons. The molecule has 0 saturated heterocycles. The zero-order valence-electron chi connectivity index (χ0n) is 10.7. The van der Waals surface area contributed by atoms with Gasteiger partial charge in [0.2, 0.25) is 5.91 Å². The van der Waals surface area contributed by atoms with Crippen molar-refractivity contribution in [1.29, 1.82) is 0 Å². The fraction of sp³-hybridized carbons (Fsp3) is 0.462. The van der Waals surface area contributed by atoms with E-state index in [1.165, 1.54) is 12.8 Å². The van der Waals surface area contributed by atoms with Gasteiger partial charge in [0.05, 0.1) is 11.6 Å². The van der Waals surface area contributed by atoms with Crippen LogP contribution in [0.4, 0.5) is 5.69 Å². The van der Waals surface area contributed by atoms with E-state index in [0.29, 0.717) is 11.6 Å². The van der Waals surface area contributed by atoms with Crippen LogP contribution in [0.3, 0.4) is 0 Å². The van der Waals surface area contributed by atoms with Gasteiger partial charge in [-0.3, -0.25) is 4.79 Å². The maximum Gasteiger partial charge on any atom is 0.238 e. The van der Waals surface area contributed by atoms with Crippen LogP contribution in [0.15, 0.2) is 23.1 Å². The number of rotatable bonds is 6. The molecular formula is C13H18Cl2N2OS. The van der Waals surface area contributed by atoms with Gasteiger partial charge in [-0.25, -0.2) is 0 Å². The van der Waals surface area contributed by atoms with Gasteiger partial charge in [-0.15, -0.1) is 24.2 Å². The number of nitrogens with one attached hydrogen (secondary N) is 2. The van der Waals surface area contributed by atoms with E-state index < -0.39 is 0 Å². The number of hydrogen-bond donors (Lipinski definition) is 2. The fourth-order valence-electron chi connectivity index (χ4n) is 1.66. The Labute approximate surface area is 129 Å². The average Bonchev–Trinajstić information content (AvgIpc) is 3.13. The summed E-state index contributed by atoms with van der Waals surface area (Å²) in [4.78, 5) is 12.7. The van der Waals surface area contributed by atoms with Crippen LogP contribution in [0.2, 0.25) is 5.02 Å². The molecule has 19 heavy (non-hydrogen) atoms. The number of thioether (sulfide) groups is 1. The second-order valence-electron chi connectivity index (χ2n) is 4.47. The summed E-state index contributed by atoms with van der Waals surface area (Å²) in [6.45, 7) is 1.30. The Morgan fingerprint density at radius 3 is 2.79 bits per heavy atom. The maximum absolute atomic E-state index is 11.7. The summed E-state index contributed by atoms with van der Waals surface area (Å²) in [5.41, 5.74) is 0.746. The predicted molar refractivity (Wildman–Crippen MR) is 84.7 cm³/mol. The van der Waals surface area contributed by atoms with Gasteiger partial charge >= 0.3 is 0 Å². The fourth-order valence-corrected chi connectivity index (χ4v) is 2.53. The number of carbonyl (C=O) groups is 1. The molecule has 0 unspecified atom stereocenters. The van der Waals surface area contributed by atoms with Gasteiger partial charge in [-0.2, -0.15) is 0 Å². The van der Waals surface area contributed by atoms with Crippen LogP contribution in [0.25, 0.3) is 0 Å². The highest BCUT2D eigenvalue weighted by molar-refractivity contribution is 7.98. The van der Waals surface area contributed by atoms with Crippen molar-refractivity contribution >= 4 is 47.4 Å². The normalized spacial score (nSPS) is 13.8. The summed E-state index contributed by atoms with van der Waals surface area (Å²) >= 11 is 7.67. The Morgan fingerprint density at radius 2 is 2.21 bits per heavy atom. The van der Waals surface area contributed by atoms with Gasteiger partial charge < -0.3 is 10.6 Å². The van der Waals surface area contributed by atoms with E-state index in [0.717, 1.165) is 23.0 Å². The predicted octanol–water partition coefficient (Wildman–Crippen LogP) is 3.42. The van der Waals surface area contributed by atoms with Crippen LogP contribution in [0, 0.1) is 5.92 Å². The van der Waals surface area contributed by atoms with Crippen molar-refractivity contribution in [1.82, 2.24) is 5.32 Å². The Kier molecular flexibility index (Phi) is 7.00. The first-order valence-corrected chi connectivity index (χ1v) is 7.63. The number of anilines is 1. The van der Waals surface area contributed by atoms with Crippen molar-refractivity contribution in [2.45, 2.75) is 17.7 Å². The highest BCUT2D eigenvalue weighted by Gasteiger charge is 2.20. The lowest BCUT2D eigenvalue weighted by Crippen LogP contribution is -2.29. The lowest BCUT2D eigenvalue weighted by Gasteiger charge is -2.08. The van der Waals surface area contributed by atoms with Crippen LogP contribution in [-0.2, 0) is 4.79 Å². The summed E-state index contributed by atoms with van der Waals surface area (Å²) in [5, 5.41) is 6.66. The zero-order valence-corrected chi connectivity index (χ0v) is 13.1. The largest absolute Gasteiger partial charge is 0.325 e. The number of benzene rings is 1. The van der Waals surface area contributed by atoms with Crippen molar-refractivity contribution < 1.29 is 4.79 Å². The first-order valence-electron chi connectivity index (χ1n) is 6.03. The molecule has 1 aliphatic rings. The molecule has 0 atom stereocenters. The van der Waals surface area contributed by atoms with Crippen molar-refractivity contribution in [3.63, 3.8) is 0 Å². The molecule has 1 saturated carbocycles. The van der Waals surface area contributed by atoms with Gasteiger partial charge in [0.25, 0.3) is 0 Å². The van der Waals surface area contributed by atoms with Gasteiger partial charge in [0.1, 0.15) is 0 Å². The Balaban J connectivity index is 0.00000180. The third-order valence-corrected chi connectivity index (χ3v) is 4.07. The molecule has 1 fully saturated rings. The molecule has 1 aliphatic carbocycles. The van der Waals surface area contributed by atoms with Crippen molar-refractivity contribution in [2.24, 2.45) is 5.92 Å². The summed E-state index contributed by atoms with van der Waals surface area (Å²) in [6, 6.07) is 5.57. The van der Waals surface area contributed by atoms with Gasteiger partial charge in [-0.05, 0) is 49.8 Å². The molecule has 6 heteroatoms. The molecule has 2 rings (SSSR count). The van der Waals surface area contributed by atoms with E-state index in [9.17, 15) is 4.79 Å². The van der Waals surface area contributed by atoms with E-state index in [1.807, 2.05) is 18.4 Å². The lowest BCUT2D eigenvalue weighted by atomic mass is 10.3. The topological polar surface area (TPSA) is 41.1 Å². The summed E-state index contributed by atoms with van der Waals surface area (Å²) in [7, 11) is 0. The highest BCUT2D eigenvalue weighted by atomic mass is 35.5. The number of halogens is 2.